The molecule has 0 bridgehead atoms. The molecule has 4 nitrogen and oxygen atoms in total. The van der Waals surface area contributed by atoms with Crippen molar-refractivity contribution in [1.29, 1.82) is 0 Å². The molecule has 8 heteroatoms. The molecular formula is C17H12Cl2FN3OS. The Morgan fingerprint density at radius 3 is 2.72 bits per heavy atom. The predicted octanol–water partition coefficient (Wildman–Crippen LogP) is 5.25. The number of nitrogens with one attached hydrogen (secondary N) is 2. The van der Waals surface area contributed by atoms with Crippen molar-refractivity contribution in [2.24, 2.45) is 0 Å². The zero-order chi connectivity index (χ0) is 17.8. The number of rotatable bonds is 5. The summed E-state index contributed by atoms with van der Waals surface area (Å²) in [6.07, 6.45) is 1.64. The maximum absolute atomic E-state index is 13.0. The smallest absolute Gasteiger partial charge is 0.234 e. The Balaban J connectivity index is 1.59. The number of amides is 1. The molecule has 0 atom stereocenters. The van der Waals surface area contributed by atoms with Gasteiger partial charge in [0.2, 0.25) is 5.91 Å². The van der Waals surface area contributed by atoms with Crippen LogP contribution in [0.5, 0.6) is 0 Å². The lowest BCUT2D eigenvalue weighted by molar-refractivity contribution is -0.113. The second kappa shape index (κ2) is 7.91. The summed E-state index contributed by atoms with van der Waals surface area (Å²) in [6.45, 7) is 0. The van der Waals surface area contributed by atoms with Crippen LogP contribution >= 0.6 is 35.0 Å². The third-order valence-electron chi connectivity index (χ3n) is 3.25. The fourth-order valence-corrected chi connectivity index (χ4v) is 3.05. The summed E-state index contributed by atoms with van der Waals surface area (Å²) >= 11 is 13.2. The van der Waals surface area contributed by atoms with Gasteiger partial charge in [-0.2, -0.15) is 0 Å². The maximum Gasteiger partial charge on any atom is 0.234 e. The fourth-order valence-electron chi connectivity index (χ4n) is 2.07. The first kappa shape index (κ1) is 17.8. The van der Waals surface area contributed by atoms with Crippen LogP contribution in [-0.2, 0) is 4.79 Å². The number of aromatic nitrogens is 2. The molecule has 0 radical (unpaired) electrons. The third-order valence-corrected chi connectivity index (χ3v) is 4.70. The summed E-state index contributed by atoms with van der Waals surface area (Å²) in [5, 5.41) is 4.20. The van der Waals surface area contributed by atoms with Gasteiger partial charge in [-0.05, 0) is 48.0 Å². The van der Waals surface area contributed by atoms with E-state index < -0.39 is 0 Å². The third kappa shape index (κ3) is 4.75. The molecule has 0 fully saturated rings. The summed E-state index contributed by atoms with van der Waals surface area (Å²) in [7, 11) is 0. The van der Waals surface area contributed by atoms with E-state index in [1.54, 1.807) is 36.5 Å². The summed E-state index contributed by atoms with van der Waals surface area (Å²) in [5.41, 5.74) is 2.03. The summed E-state index contributed by atoms with van der Waals surface area (Å²) in [6, 6.07) is 10.9. The van der Waals surface area contributed by atoms with Gasteiger partial charge in [-0.1, -0.05) is 35.0 Å². The van der Waals surface area contributed by atoms with Crippen LogP contribution in [0, 0.1) is 5.82 Å². The molecule has 0 saturated heterocycles. The number of imidazole rings is 1. The Kier molecular flexibility index (Phi) is 5.63. The number of carbonyl (C=O) groups is 1. The molecule has 0 aliphatic carbocycles. The number of thioether (sulfide) groups is 1. The van der Waals surface area contributed by atoms with E-state index in [2.05, 4.69) is 15.3 Å². The molecule has 0 unspecified atom stereocenters. The van der Waals surface area contributed by atoms with E-state index in [0.717, 1.165) is 11.3 Å². The summed E-state index contributed by atoms with van der Waals surface area (Å²) in [4.78, 5) is 19.3. The Hall–Kier alpha value is -2.02. The van der Waals surface area contributed by atoms with Crippen LogP contribution in [0.1, 0.15) is 0 Å². The minimum atomic E-state index is -0.297. The van der Waals surface area contributed by atoms with Gasteiger partial charge >= 0.3 is 0 Å². The highest BCUT2D eigenvalue weighted by atomic mass is 35.5. The topological polar surface area (TPSA) is 57.8 Å². The lowest BCUT2D eigenvalue weighted by atomic mass is 10.2. The molecule has 25 heavy (non-hydrogen) atoms. The fraction of sp³-hybridized carbons (Fsp3) is 0.0588. The van der Waals surface area contributed by atoms with Gasteiger partial charge in [0, 0.05) is 5.02 Å². The van der Waals surface area contributed by atoms with Crippen LogP contribution < -0.4 is 5.32 Å². The van der Waals surface area contributed by atoms with Gasteiger partial charge in [0.1, 0.15) is 5.82 Å². The van der Waals surface area contributed by atoms with Gasteiger partial charge in [-0.25, -0.2) is 9.37 Å². The van der Waals surface area contributed by atoms with Crippen molar-refractivity contribution in [3.05, 3.63) is 64.5 Å². The largest absolute Gasteiger partial charge is 0.333 e. The lowest BCUT2D eigenvalue weighted by Crippen LogP contribution is -2.14. The van der Waals surface area contributed by atoms with E-state index in [-0.39, 0.29) is 17.5 Å². The van der Waals surface area contributed by atoms with Crippen molar-refractivity contribution in [2.75, 3.05) is 11.1 Å². The molecule has 2 aromatic carbocycles. The lowest BCUT2D eigenvalue weighted by Gasteiger charge is -2.06. The van der Waals surface area contributed by atoms with E-state index in [9.17, 15) is 9.18 Å². The van der Waals surface area contributed by atoms with Gasteiger partial charge in [0.15, 0.2) is 5.16 Å². The maximum atomic E-state index is 13.0. The Morgan fingerprint density at radius 1 is 1.20 bits per heavy atom. The molecule has 3 rings (SSSR count). The summed E-state index contributed by atoms with van der Waals surface area (Å²) < 4.78 is 13.0. The zero-order valence-corrected chi connectivity index (χ0v) is 15.1. The van der Waals surface area contributed by atoms with Crippen molar-refractivity contribution in [2.45, 2.75) is 5.16 Å². The van der Waals surface area contributed by atoms with Gasteiger partial charge in [-0.15, -0.1) is 0 Å². The molecule has 0 spiro atoms. The van der Waals surface area contributed by atoms with E-state index in [1.165, 1.54) is 23.9 Å². The molecule has 2 N–H and O–H groups in total. The number of benzene rings is 2. The number of aromatic amines is 1. The van der Waals surface area contributed by atoms with Crippen molar-refractivity contribution < 1.29 is 9.18 Å². The van der Waals surface area contributed by atoms with Gasteiger partial charge in [0.25, 0.3) is 0 Å². The average Bonchev–Trinajstić information content (AvgIpc) is 3.06. The number of hydrogen-bond acceptors (Lipinski definition) is 3. The number of halogens is 3. The van der Waals surface area contributed by atoms with Crippen molar-refractivity contribution in [3.8, 4) is 11.3 Å². The molecule has 128 valence electrons. The van der Waals surface area contributed by atoms with E-state index in [0.29, 0.717) is 20.9 Å². The standard InChI is InChI=1S/C17H12Cl2FN3OS/c18-11-3-6-13(19)14(7-11)22-16(24)9-25-17-21-8-15(23-17)10-1-4-12(20)5-2-10/h1-8H,9H2,(H,21,23)(H,22,24). The highest BCUT2D eigenvalue weighted by Gasteiger charge is 2.10. The SMILES string of the molecule is O=C(CSc1ncc(-c2ccc(F)cc2)[nH]1)Nc1cc(Cl)ccc1Cl. The number of hydrogen-bond donors (Lipinski definition) is 2. The Morgan fingerprint density at radius 2 is 1.96 bits per heavy atom. The van der Waals surface area contributed by atoms with E-state index in [1.807, 2.05) is 0 Å². The second-order valence-corrected chi connectivity index (χ2v) is 6.88. The molecular weight excluding hydrogens is 384 g/mol. The number of H-pyrrole nitrogens is 1. The quantitative estimate of drug-likeness (QED) is 0.579. The first-order chi connectivity index (χ1) is 12.0. The molecule has 1 aromatic heterocycles. The first-order valence-corrected chi connectivity index (χ1v) is 8.94. The number of anilines is 1. The minimum Gasteiger partial charge on any atom is -0.333 e. The van der Waals surface area contributed by atoms with Crippen molar-refractivity contribution in [3.63, 3.8) is 0 Å². The van der Waals surface area contributed by atoms with E-state index in [4.69, 9.17) is 23.2 Å². The molecule has 0 saturated carbocycles. The number of carbonyl (C=O) groups excluding carboxylic acids is 1. The highest BCUT2D eigenvalue weighted by Crippen LogP contribution is 2.26. The molecule has 1 heterocycles. The highest BCUT2D eigenvalue weighted by molar-refractivity contribution is 7.99. The van der Waals surface area contributed by atoms with Crippen LogP contribution in [0.25, 0.3) is 11.3 Å². The van der Waals surface area contributed by atoms with Crippen LogP contribution in [0.4, 0.5) is 10.1 Å². The van der Waals surface area contributed by atoms with Crippen LogP contribution in [0.15, 0.2) is 53.8 Å². The van der Waals surface area contributed by atoms with Gasteiger partial charge in [0.05, 0.1) is 28.4 Å². The number of nitrogens with zero attached hydrogens (tertiary/aromatic N) is 1. The van der Waals surface area contributed by atoms with Crippen LogP contribution in [0.3, 0.4) is 0 Å². The Labute approximate surface area is 157 Å². The zero-order valence-electron chi connectivity index (χ0n) is 12.7. The van der Waals surface area contributed by atoms with Crippen molar-refractivity contribution in [1.82, 2.24) is 9.97 Å². The minimum absolute atomic E-state index is 0.152. The predicted molar refractivity (Wildman–Crippen MR) is 99.8 cm³/mol. The van der Waals surface area contributed by atoms with Gasteiger partial charge < -0.3 is 10.3 Å². The molecule has 1 amide bonds. The summed E-state index contributed by atoms with van der Waals surface area (Å²) in [5.74, 6) is -0.373. The van der Waals surface area contributed by atoms with Gasteiger partial charge in [-0.3, -0.25) is 4.79 Å². The van der Waals surface area contributed by atoms with Crippen molar-refractivity contribution >= 4 is 46.6 Å². The molecule has 0 aliphatic rings. The monoisotopic (exact) mass is 395 g/mol. The second-order valence-electron chi connectivity index (χ2n) is 5.07. The average molecular weight is 396 g/mol. The molecule has 0 aliphatic heterocycles. The van der Waals surface area contributed by atoms with Crippen LogP contribution in [0.2, 0.25) is 10.0 Å². The first-order valence-electron chi connectivity index (χ1n) is 7.20. The molecule has 3 aromatic rings. The normalized spacial score (nSPS) is 10.7. The van der Waals surface area contributed by atoms with E-state index >= 15 is 0 Å². The Bertz CT molecular complexity index is 899. The van der Waals surface area contributed by atoms with Crippen LogP contribution in [-0.4, -0.2) is 21.6 Å².